The molecule has 0 N–H and O–H groups in total. The first-order chi connectivity index (χ1) is 5.58. The predicted octanol–water partition coefficient (Wildman–Crippen LogP) is 3.99. The highest BCUT2D eigenvalue weighted by atomic mass is 79.9. The van der Waals surface area contributed by atoms with Gasteiger partial charge in [0.25, 0.3) is 0 Å². The van der Waals surface area contributed by atoms with Gasteiger partial charge in [-0.3, -0.25) is 0 Å². The van der Waals surface area contributed by atoms with E-state index in [4.69, 9.17) is 0 Å². The van der Waals surface area contributed by atoms with Crippen LogP contribution in [0.15, 0.2) is 0 Å². The van der Waals surface area contributed by atoms with E-state index in [1.54, 1.807) is 0 Å². The smallest absolute Gasteiger partial charge is 0.00853 e. The van der Waals surface area contributed by atoms with Crippen LogP contribution in [0.25, 0.3) is 0 Å². The van der Waals surface area contributed by atoms with E-state index in [-0.39, 0.29) is 0 Å². The summed E-state index contributed by atoms with van der Waals surface area (Å²) >= 11 is 3.62. The van der Waals surface area contributed by atoms with Crippen molar-refractivity contribution in [2.45, 2.75) is 46.0 Å². The lowest BCUT2D eigenvalue weighted by Gasteiger charge is -2.58. The molecule has 2 aliphatic carbocycles. The topological polar surface area (TPSA) is 0 Å². The molecular weight excluding hydrogens is 212 g/mol. The van der Waals surface area contributed by atoms with E-state index in [1.165, 1.54) is 37.4 Å². The molecule has 0 unspecified atom stereocenters. The van der Waals surface area contributed by atoms with E-state index in [0.29, 0.717) is 5.41 Å². The summed E-state index contributed by atoms with van der Waals surface area (Å²) in [6.07, 6.45) is 7.60. The van der Waals surface area contributed by atoms with Gasteiger partial charge in [0.1, 0.15) is 0 Å². The fraction of sp³-hybridized carbons (Fsp3) is 1.00. The fourth-order valence-corrected chi connectivity index (χ4v) is 3.19. The third-order valence-electron chi connectivity index (χ3n) is 4.22. The minimum atomic E-state index is 0.542. The maximum atomic E-state index is 3.62. The summed E-state index contributed by atoms with van der Waals surface area (Å²) in [6, 6.07) is 0. The van der Waals surface area contributed by atoms with Crippen molar-refractivity contribution in [3.8, 4) is 0 Å². The molecule has 70 valence electrons. The van der Waals surface area contributed by atoms with Crippen molar-refractivity contribution < 1.29 is 0 Å². The van der Waals surface area contributed by atoms with Crippen LogP contribution >= 0.6 is 15.9 Å². The first kappa shape index (κ1) is 9.05. The molecule has 2 saturated carbocycles. The van der Waals surface area contributed by atoms with Crippen LogP contribution in [0.1, 0.15) is 46.0 Å². The van der Waals surface area contributed by atoms with E-state index in [2.05, 4.69) is 29.8 Å². The van der Waals surface area contributed by atoms with Crippen molar-refractivity contribution in [3.63, 3.8) is 0 Å². The third kappa shape index (κ3) is 1.25. The van der Waals surface area contributed by atoms with Crippen molar-refractivity contribution in [2.75, 3.05) is 5.33 Å². The molecule has 1 heteroatoms. The Morgan fingerprint density at radius 1 is 1.33 bits per heavy atom. The van der Waals surface area contributed by atoms with Crippen LogP contribution in [0, 0.1) is 16.7 Å². The van der Waals surface area contributed by atoms with Gasteiger partial charge in [-0.1, -0.05) is 36.2 Å². The molecule has 0 heterocycles. The average Bonchev–Trinajstić information content (AvgIpc) is 1.80. The van der Waals surface area contributed by atoms with Crippen LogP contribution in [0.5, 0.6) is 0 Å². The molecule has 1 spiro atoms. The van der Waals surface area contributed by atoms with Crippen molar-refractivity contribution in [1.29, 1.82) is 0 Å². The molecule has 0 amide bonds. The van der Waals surface area contributed by atoms with Gasteiger partial charge >= 0.3 is 0 Å². The summed E-state index contributed by atoms with van der Waals surface area (Å²) in [5.41, 5.74) is 1.39. The second-order valence-electron chi connectivity index (χ2n) is 5.58. The lowest BCUT2D eigenvalue weighted by atomic mass is 9.47. The maximum Gasteiger partial charge on any atom is 0.00853 e. The molecular formula is C11H19Br. The van der Waals surface area contributed by atoms with Gasteiger partial charge in [-0.25, -0.2) is 0 Å². The molecule has 2 fully saturated rings. The van der Waals surface area contributed by atoms with Crippen LogP contribution < -0.4 is 0 Å². The van der Waals surface area contributed by atoms with Gasteiger partial charge in [0.15, 0.2) is 0 Å². The van der Waals surface area contributed by atoms with Gasteiger partial charge < -0.3 is 0 Å². The van der Waals surface area contributed by atoms with Crippen molar-refractivity contribution in [3.05, 3.63) is 0 Å². The lowest BCUT2D eigenvalue weighted by molar-refractivity contribution is -0.0682. The van der Waals surface area contributed by atoms with E-state index in [0.717, 1.165) is 11.3 Å². The molecule has 0 radical (unpaired) electrons. The molecule has 12 heavy (non-hydrogen) atoms. The Morgan fingerprint density at radius 2 is 1.92 bits per heavy atom. The summed E-state index contributed by atoms with van der Waals surface area (Å²) in [5, 5.41) is 1.17. The molecule has 2 rings (SSSR count). The minimum absolute atomic E-state index is 0.542. The molecule has 0 saturated heterocycles. The number of hydrogen-bond acceptors (Lipinski definition) is 0. The molecule has 0 aromatic rings. The third-order valence-corrected chi connectivity index (χ3v) is 5.67. The molecule has 0 atom stereocenters. The van der Waals surface area contributed by atoms with Crippen molar-refractivity contribution in [1.82, 2.24) is 0 Å². The maximum absolute atomic E-state index is 3.62. The van der Waals surface area contributed by atoms with Gasteiger partial charge in [-0.05, 0) is 42.4 Å². The van der Waals surface area contributed by atoms with Gasteiger partial charge in [0, 0.05) is 5.33 Å². The molecule has 0 aromatic heterocycles. The quantitative estimate of drug-likeness (QED) is 0.630. The Balaban J connectivity index is 1.87. The van der Waals surface area contributed by atoms with E-state index >= 15 is 0 Å². The summed E-state index contributed by atoms with van der Waals surface area (Å²) < 4.78 is 0. The Bertz CT molecular complexity index is 171. The molecule has 0 nitrogen and oxygen atoms in total. The fourth-order valence-electron chi connectivity index (χ4n) is 2.73. The Morgan fingerprint density at radius 3 is 2.25 bits per heavy atom. The van der Waals surface area contributed by atoms with E-state index < -0.39 is 0 Å². The zero-order valence-corrected chi connectivity index (χ0v) is 9.78. The van der Waals surface area contributed by atoms with Crippen LogP contribution in [-0.2, 0) is 0 Å². The Labute approximate surface area is 84.2 Å². The molecule has 0 aromatic carbocycles. The first-order valence-corrected chi connectivity index (χ1v) is 6.26. The zero-order valence-electron chi connectivity index (χ0n) is 8.20. The molecule has 0 bridgehead atoms. The van der Waals surface area contributed by atoms with Crippen LogP contribution in [0.2, 0.25) is 0 Å². The normalized spacial score (nSPS) is 28.2. The molecule has 2 aliphatic rings. The van der Waals surface area contributed by atoms with Crippen LogP contribution in [0.3, 0.4) is 0 Å². The highest BCUT2D eigenvalue weighted by Crippen LogP contribution is 2.62. The highest BCUT2D eigenvalue weighted by molar-refractivity contribution is 9.09. The highest BCUT2D eigenvalue weighted by Gasteiger charge is 2.51. The SMILES string of the molecule is CC(C)(CBr)C1CC2(CCC2)C1. The Hall–Kier alpha value is 0.480. The predicted molar refractivity (Wildman–Crippen MR) is 56.6 cm³/mol. The summed E-state index contributed by atoms with van der Waals surface area (Å²) in [5.74, 6) is 0.997. The van der Waals surface area contributed by atoms with Gasteiger partial charge in [-0.2, -0.15) is 0 Å². The summed E-state index contributed by atoms with van der Waals surface area (Å²) in [4.78, 5) is 0. The van der Waals surface area contributed by atoms with Crippen LogP contribution in [-0.4, -0.2) is 5.33 Å². The van der Waals surface area contributed by atoms with Gasteiger partial charge in [0.2, 0.25) is 0 Å². The van der Waals surface area contributed by atoms with Crippen molar-refractivity contribution >= 4 is 15.9 Å². The first-order valence-electron chi connectivity index (χ1n) is 5.14. The monoisotopic (exact) mass is 230 g/mol. The number of rotatable bonds is 2. The second kappa shape index (κ2) is 2.73. The largest absolute Gasteiger partial charge is 0.0922 e. The Kier molecular flexibility index (Phi) is 2.06. The standard InChI is InChI=1S/C11H19Br/c1-10(2,8-12)9-6-11(7-9)4-3-5-11/h9H,3-8H2,1-2H3. The van der Waals surface area contributed by atoms with E-state index in [1.807, 2.05) is 0 Å². The van der Waals surface area contributed by atoms with Gasteiger partial charge in [0.05, 0.1) is 0 Å². The van der Waals surface area contributed by atoms with Crippen molar-refractivity contribution in [2.24, 2.45) is 16.7 Å². The minimum Gasteiger partial charge on any atom is -0.0922 e. The number of alkyl halides is 1. The summed E-state index contributed by atoms with van der Waals surface area (Å²) in [6.45, 7) is 4.80. The van der Waals surface area contributed by atoms with Crippen LogP contribution in [0.4, 0.5) is 0 Å². The number of halogens is 1. The average molecular weight is 231 g/mol. The zero-order chi connectivity index (χ0) is 8.82. The second-order valence-corrected chi connectivity index (χ2v) is 6.14. The lowest BCUT2D eigenvalue weighted by Crippen LogP contribution is -2.48. The van der Waals surface area contributed by atoms with Gasteiger partial charge in [-0.15, -0.1) is 0 Å². The summed E-state index contributed by atoms with van der Waals surface area (Å²) in [7, 11) is 0. The van der Waals surface area contributed by atoms with E-state index in [9.17, 15) is 0 Å². The number of hydrogen-bond donors (Lipinski definition) is 0. The molecule has 0 aliphatic heterocycles.